The van der Waals surface area contributed by atoms with E-state index >= 15 is 0 Å². The highest BCUT2D eigenvalue weighted by Crippen LogP contribution is 2.42. The van der Waals surface area contributed by atoms with Crippen molar-refractivity contribution >= 4 is 93.3 Å². The van der Waals surface area contributed by atoms with Gasteiger partial charge in [-0.2, -0.15) is 0 Å². The Morgan fingerprint density at radius 3 is 1.41 bits per heavy atom. The van der Waals surface area contributed by atoms with Gasteiger partial charge in [-0.3, -0.25) is 0 Å². The molecule has 0 N–H and O–H groups in total. The SMILES string of the molecule is c1ccc2c(c1)ccc1ccc3ccc(-c4ccc(N(c5ccc6c(c5)oc5ccccc56)c5ccc6c(c5)oc5ccccc56)cc4)cc3c12. The Morgan fingerprint density at radius 2 is 0.765 bits per heavy atom. The Balaban J connectivity index is 1.06. The van der Waals surface area contributed by atoms with E-state index < -0.39 is 0 Å². The molecule has 0 aliphatic rings. The summed E-state index contributed by atoms with van der Waals surface area (Å²) in [6.45, 7) is 0. The summed E-state index contributed by atoms with van der Waals surface area (Å²) >= 11 is 0. The third kappa shape index (κ3) is 4.38. The van der Waals surface area contributed by atoms with E-state index in [1.54, 1.807) is 0 Å². The summed E-state index contributed by atoms with van der Waals surface area (Å²) in [7, 11) is 0. The van der Waals surface area contributed by atoms with Gasteiger partial charge in [0.1, 0.15) is 22.3 Å². The van der Waals surface area contributed by atoms with Gasteiger partial charge in [0.25, 0.3) is 0 Å². The van der Waals surface area contributed by atoms with Crippen molar-refractivity contribution < 1.29 is 8.83 Å². The van der Waals surface area contributed by atoms with E-state index in [0.29, 0.717) is 0 Å². The number of fused-ring (bicyclic) bond motifs is 11. The lowest BCUT2D eigenvalue weighted by Gasteiger charge is -2.25. The third-order valence-electron chi connectivity index (χ3n) is 10.4. The number of benzene rings is 9. The van der Waals surface area contributed by atoms with Gasteiger partial charge in [-0.15, -0.1) is 0 Å². The first-order valence-corrected chi connectivity index (χ1v) is 17.3. The highest BCUT2D eigenvalue weighted by atomic mass is 16.3. The van der Waals surface area contributed by atoms with Crippen LogP contribution >= 0.6 is 0 Å². The summed E-state index contributed by atoms with van der Waals surface area (Å²) in [5, 5.41) is 12.1. The lowest BCUT2D eigenvalue weighted by molar-refractivity contribution is 0.669. The van der Waals surface area contributed by atoms with Crippen molar-refractivity contribution in [2.24, 2.45) is 0 Å². The zero-order chi connectivity index (χ0) is 33.5. The average Bonchev–Trinajstić information content (AvgIpc) is 3.75. The van der Waals surface area contributed by atoms with Gasteiger partial charge in [-0.25, -0.2) is 0 Å². The monoisotopic (exact) mass is 651 g/mol. The van der Waals surface area contributed by atoms with Crippen molar-refractivity contribution in [3.05, 3.63) is 176 Å². The molecule has 238 valence electrons. The van der Waals surface area contributed by atoms with E-state index in [1.165, 1.54) is 43.4 Å². The van der Waals surface area contributed by atoms with Crippen LogP contribution < -0.4 is 4.90 Å². The standard InChI is InChI=1S/C48H29NO2/c1-2-8-38-31(7-1)13-16-33-17-14-32-15-18-34(27-43(32)48(33)38)30-19-21-35(22-20-30)49(36-23-25-41-39-9-3-5-11-44(39)50-46(41)28-36)37-24-26-42-40-10-4-6-12-45(40)51-47(42)29-37/h1-29H. The molecular weight excluding hydrogens is 623 g/mol. The van der Waals surface area contributed by atoms with Crippen molar-refractivity contribution in [2.45, 2.75) is 0 Å². The highest BCUT2D eigenvalue weighted by molar-refractivity contribution is 6.20. The van der Waals surface area contributed by atoms with Gasteiger partial charge in [-0.05, 0) is 98.0 Å². The molecule has 0 fully saturated rings. The van der Waals surface area contributed by atoms with Crippen LogP contribution in [0.15, 0.2) is 185 Å². The van der Waals surface area contributed by atoms with Gasteiger partial charge in [-0.1, -0.05) is 109 Å². The van der Waals surface area contributed by atoms with Gasteiger partial charge in [0.05, 0.1) is 0 Å². The molecule has 0 aliphatic heterocycles. The second-order valence-electron chi connectivity index (χ2n) is 13.3. The molecule has 0 aliphatic carbocycles. The molecule has 9 aromatic carbocycles. The number of anilines is 3. The lowest BCUT2D eigenvalue weighted by Crippen LogP contribution is -2.09. The molecule has 3 nitrogen and oxygen atoms in total. The van der Waals surface area contributed by atoms with Gasteiger partial charge < -0.3 is 13.7 Å². The van der Waals surface area contributed by atoms with Crippen molar-refractivity contribution in [2.75, 3.05) is 4.90 Å². The van der Waals surface area contributed by atoms with Crippen molar-refractivity contribution in [3.63, 3.8) is 0 Å². The molecule has 0 bridgehead atoms. The summed E-state index contributed by atoms with van der Waals surface area (Å²) in [5.74, 6) is 0. The number of rotatable bonds is 4. The van der Waals surface area contributed by atoms with Crippen LogP contribution in [-0.2, 0) is 0 Å². The smallest absolute Gasteiger partial charge is 0.137 e. The van der Waals surface area contributed by atoms with Crippen LogP contribution in [0.3, 0.4) is 0 Å². The van der Waals surface area contributed by atoms with Gasteiger partial charge >= 0.3 is 0 Å². The number of para-hydroxylation sites is 2. The molecular formula is C48H29NO2. The maximum absolute atomic E-state index is 6.35. The molecule has 51 heavy (non-hydrogen) atoms. The van der Waals surface area contributed by atoms with Gasteiger partial charge in [0, 0.05) is 50.7 Å². The summed E-state index contributed by atoms with van der Waals surface area (Å²) in [5.41, 5.74) is 8.91. The summed E-state index contributed by atoms with van der Waals surface area (Å²) < 4.78 is 12.7. The summed E-state index contributed by atoms with van der Waals surface area (Å²) in [6.07, 6.45) is 0. The molecule has 0 radical (unpaired) electrons. The first-order chi connectivity index (χ1) is 25.2. The van der Waals surface area contributed by atoms with E-state index in [0.717, 1.165) is 60.9 Å². The second-order valence-corrected chi connectivity index (χ2v) is 13.3. The van der Waals surface area contributed by atoms with E-state index in [-0.39, 0.29) is 0 Å². The van der Waals surface area contributed by atoms with Gasteiger partial charge in [0.2, 0.25) is 0 Å². The van der Waals surface area contributed by atoms with Crippen LogP contribution in [0, 0.1) is 0 Å². The number of hydrogen-bond donors (Lipinski definition) is 0. The minimum atomic E-state index is 0.857. The lowest BCUT2D eigenvalue weighted by atomic mass is 9.94. The Kier molecular flexibility index (Phi) is 5.96. The van der Waals surface area contributed by atoms with E-state index in [2.05, 4.69) is 157 Å². The van der Waals surface area contributed by atoms with Crippen LogP contribution in [0.4, 0.5) is 17.1 Å². The largest absolute Gasteiger partial charge is 0.456 e. The average molecular weight is 652 g/mol. The number of hydrogen-bond acceptors (Lipinski definition) is 3. The first-order valence-electron chi connectivity index (χ1n) is 17.3. The molecule has 2 aromatic heterocycles. The molecule has 0 saturated carbocycles. The van der Waals surface area contributed by atoms with E-state index in [4.69, 9.17) is 8.83 Å². The second kappa shape index (κ2) is 10.8. The Bertz CT molecular complexity index is 3030. The topological polar surface area (TPSA) is 29.5 Å². The number of nitrogens with zero attached hydrogens (tertiary/aromatic N) is 1. The molecule has 11 rings (SSSR count). The Labute approximate surface area is 293 Å². The maximum atomic E-state index is 6.35. The normalized spacial score (nSPS) is 11.9. The van der Waals surface area contributed by atoms with Crippen LogP contribution in [0.5, 0.6) is 0 Å². The first kappa shape index (κ1) is 28.0. The van der Waals surface area contributed by atoms with Crippen LogP contribution in [0.2, 0.25) is 0 Å². The zero-order valence-electron chi connectivity index (χ0n) is 27.5. The van der Waals surface area contributed by atoms with Crippen molar-refractivity contribution in [1.29, 1.82) is 0 Å². The number of furan rings is 2. The fraction of sp³-hybridized carbons (Fsp3) is 0. The van der Waals surface area contributed by atoms with Gasteiger partial charge in [0.15, 0.2) is 0 Å². The van der Waals surface area contributed by atoms with Crippen molar-refractivity contribution in [1.82, 2.24) is 0 Å². The molecule has 0 unspecified atom stereocenters. The minimum absolute atomic E-state index is 0.857. The van der Waals surface area contributed by atoms with Crippen LogP contribution in [0.1, 0.15) is 0 Å². The zero-order valence-corrected chi connectivity index (χ0v) is 27.5. The predicted octanol–water partition coefficient (Wildman–Crippen LogP) is 14.1. The maximum Gasteiger partial charge on any atom is 0.137 e. The quantitative estimate of drug-likeness (QED) is 0.177. The molecule has 11 aromatic rings. The Morgan fingerprint density at radius 1 is 0.294 bits per heavy atom. The fourth-order valence-electron chi connectivity index (χ4n) is 7.96. The predicted molar refractivity (Wildman–Crippen MR) is 214 cm³/mol. The van der Waals surface area contributed by atoms with Crippen LogP contribution in [-0.4, -0.2) is 0 Å². The molecule has 0 amide bonds. The highest BCUT2D eigenvalue weighted by Gasteiger charge is 2.18. The van der Waals surface area contributed by atoms with Crippen molar-refractivity contribution in [3.8, 4) is 11.1 Å². The summed E-state index contributed by atoms with van der Waals surface area (Å²) in [6, 6.07) is 62.7. The third-order valence-corrected chi connectivity index (χ3v) is 10.4. The molecule has 0 spiro atoms. The van der Waals surface area contributed by atoms with E-state index in [9.17, 15) is 0 Å². The Hall–Kier alpha value is -6.84. The minimum Gasteiger partial charge on any atom is -0.456 e. The molecule has 0 atom stereocenters. The molecule has 2 heterocycles. The molecule has 0 saturated heterocycles. The fourth-order valence-corrected chi connectivity index (χ4v) is 7.96. The van der Waals surface area contributed by atoms with E-state index in [1.807, 2.05) is 24.3 Å². The summed E-state index contributed by atoms with van der Waals surface area (Å²) in [4.78, 5) is 2.28. The van der Waals surface area contributed by atoms with Crippen LogP contribution in [0.25, 0.3) is 87.3 Å². The molecule has 3 heteroatoms.